The van der Waals surface area contributed by atoms with Crippen LogP contribution in [0.2, 0.25) is 0 Å². The SMILES string of the molecule is [2H][C@@H](C(C)C)[C@H](C)N. The van der Waals surface area contributed by atoms with E-state index in [0.29, 0.717) is 5.92 Å². The van der Waals surface area contributed by atoms with Crippen molar-refractivity contribution in [3.05, 3.63) is 0 Å². The fraction of sp³-hybridized carbons (Fsp3) is 1.00. The molecule has 0 unspecified atom stereocenters. The average molecular weight is 102 g/mol. The number of nitrogens with two attached hydrogens (primary N) is 1. The minimum atomic E-state index is -0.102. The highest BCUT2D eigenvalue weighted by Crippen LogP contribution is 2.00. The van der Waals surface area contributed by atoms with Crippen LogP contribution in [0.4, 0.5) is 0 Å². The van der Waals surface area contributed by atoms with Crippen LogP contribution in [0.5, 0.6) is 0 Å². The van der Waals surface area contributed by atoms with Gasteiger partial charge in [-0.2, -0.15) is 0 Å². The normalized spacial score (nSPS) is 21.6. The fourth-order valence-corrected chi connectivity index (χ4v) is 0.607. The van der Waals surface area contributed by atoms with Gasteiger partial charge in [-0.05, 0) is 19.2 Å². The van der Waals surface area contributed by atoms with Crippen molar-refractivity contribution in [1.82, 2.24) is 0 Å². The molecule has 0 amide bonds. The molecule has 0 aromatic rings. The van der Waals surface area contributed by atoms with Crippen molar-refractivity contribution in [2.75, 3.05) is 0 Å². The van der Waals surface area contributed by atoms with Crippen LogP contribution >= 0.6 is 0 Å². The molecule has 2 N–H and O–H groups in total. The molecule has 0 aliphatic heterocycles. The Hall–Kier alpha value is -0.0400. The molecule has 0 rings (SSSR count). The van der Waals surface area contributed by atoms with Gasteiger partial charge in [-0.1, -0.05) is 13.8 Å². The molecule has 0 spiro atoms. The second-order valence-electron chi connectivity index (χ2n) is 2.30. The van der Waals surface area contributed by atoms with E-state index < -0.39 is 0 Å². The van der Waals surface area contributed by atoms with E-state index >= 15 is 0 Å². The van der Waals surface area contributed by atoms with Gasteiger partial charge in [0.15, 0.2) is 0 Å². The van der Waals surface area contributed by atoms with Gasteiger partial charge in [0.25, 0.3) is 0 Å². The van der Waals surface area contributed by atoms with Crippen LogP contribution in [0, 0.1) is 5.92 Å². The summed E-state index contributed by atoms with van der Waals surface area (Å²) in [6, 6.07) is 0.00926. The third-order valence-corrected chi connectivity index (χ3v) is 0.688. The van der Waals surface area contributed by atoms with E-state index in [4.69, 9.17) is 7.10 Å². The Balaban J connectivity index is 3.46. The van der Waals surface area contributed by atoms with Crippen molar-refractivity contribution in [3.63, 3.8) is 0 Å². The Morgan fingerprint density at radius 2 is 2.00 bits per heavy atom. The largest absolute Gasteiger partial charge is 0.328 e. The lowest BCUT2D eigenvalue weighted by Gasteiger charge is -2.05. The van der Waals surface area contributed by atoms with Gasteiger partial charge in [0.2, 0.25) is 0 Å². The predicted octanol–water partition coefficient (Wildman–Crippen LogP) is 1.38. The molecule has 0 fully saturated rings. The highest BCUT2D eigenvalue weighted by molar-refractivity contribution is 4.54. The zero-order valence-corrected chi connectivity index (χ0v) is 5.31. The van der Waals surface area contributed by atoms with E-state index in [-0.39, 0.29) is 12.4 Å². The maximum atomic E-state index is 7.36. The van der Waals surface area contributed by atoms with E-state index in [1.807, 2.05) is 20.8 Å². The highest BCUT2D eigenvalue weighted by Gasteiger charge is 1.95. The summed E-state index contributed by atoms with van der Waals surface area (Å²) in [7, 11) is 0. The lowest BCUT2D eigenvalue weighted by atomic mass is 10.1. The van der Waals surface area contributed by atoms with Crippen LogP contribution in [0.25, 0.3) is 0 Å². The van der Waals surface area contributed by atoms with Gasteiger partial charge in [0.1, 0.15) is 0 Å². The Kier molecular flexibility index (Phi) is 2.21. The van der Waals surface area contributed by atoms with E-state index in [2.05, 4.69) is 0 Å². The van der Waals surface area contributed by atoms with Gasteiger partial charge in [-0.25, -0.2) is 0 Å². The smallest absolute Gasteiger partial charge is 0.0285 e. The van der Waals surface area contributed by atoms with Crippen LogP contribution < -0.4 is 5.73 Å². The molecular formula is C6H15N. The first kappa shape index (κ1) is 5.10. The second-order valence-corrected chi connectivity index (χ2v) is 2.30. The molecule has 0 aliphatic rings. The quantitative estimate of drug-likeness (QED) is 0.560. The molecule has 0 bridgehead atoms. The van der Waals surface area contributed by atoms with Gasteiger partial charge in [-0.3, -0.25) is 0 Å². The van der Waals surface area contributed by atoms with Crippen LogP contribution in [-0.2, 0) is 0 Å². The lowest BCUT2D eigenvalue weighted by Crippen LogP contribution is -2.16. The molecular weight excluding hydrogens is 86.1 g/mol. The van der Waals surface area contributed by atoms with E-state index in [1.54, 1.807) is 0 Å². The van der Waals surface area contributed by atoms with E-state index in [9.17, 15) is 0 Å². The third-order valence-electron chi connectivity index (χ3n) is 0.688. The highest BCUT2D eigenvalue weighted by atomic mass is 14.6. The van der Waals surface area contributed by atoms with Crippen molar-refractivity contribution in [2.45, 2.75) is 33.2 Å². The van der Waals surface area contributed by atoms with Gasteiger partial charge < -0.3 is 5.73 Å². The molecule has 0 aliphatic carbocycles. The lowest BCUT2D eigenvalue weighted by molar-refractivity contribution is 0.520. The summed E-state index contributed by atoms with van der Waals surface area (Å²) in [6.07, 6.45) is -0.102. The Morgan fingerprint density at radius 1 is 1.57 bits per heavy atom. The van der Waals surface area contributed by atoms with Crippen molar-refractivity contribution >= 4 is 0 Å². The molecule has 0 saturated carbocycles. The minimum Gasteiger partial charge on any atom is -0.328 e. The standard InChI is InChI=1S/C6H15N/c1-5(2)4-6(3)7/h5-6H,4,7H2,1-3H3/t6-/m0/s1/i4D/t4-,6-. The summed E-state index contributed by atoms with van der Waals surface area (Å²) >= 11 is 0. The molecule has 7 heavy (non-hydrogen) atoms. The maximum absolute atomic E-state index is 7.36. The van der Waals surface area contributed by atoms with Crippen molar-refractivity contribution < 1.29 is 1.37 Å². The first-order chi connectivity index (χ1) is 3.55. The molecule has 0 saturated heterocycles. The first-order valence-corrected chi connectivity index (χ1v) is 2.73. The van der Waals surface area contributed by atoms with Crippen LogP contribution in [0.15, 0.2) is 0 Å². The Labute approximate surface area is 47.3 Å². The van der Waals surface area contributed by atoms with Crippen molar-refractivity contribution in [3.8, 4) is 0 Å². The maximum Gasteiger partial charge on any atom is 0.0285 e. The monoisotopic (exact) mass is 102 g/mol. The zero-order chi connectivity index (χ0) is 6.73. The van der Waals surface area contributed by atoms with Gasteiger partial charge in [0, 0.05) is 7.41 Å². The predicted molar refractivity (Wildman–Crippen MR) is 33.1 cm³/mol. The molecule has 0 heterocycles. The average Bonchev–Trinajstić information content (AvgIpc) is 1.64. The first-order valence-electron chi connectivity index (χ1n) is 3.31. The number of hydrogen-bond donors (Lipinski definition) is 1. The minimum absolute atomic E-state index is 0.00926. The molecule has 0 aromatic carbocycles. The van der Waals surface area contributed by atoms with Gasteiger partial charge in [-0.15, -0.1) is 0 Å². The summed E-state index contributed by atoms with van der Waals surface area (Å²) in [5.74, 6) is 0.384. The Bertz CT molecular complexity index is 53.5. The molecule has 1 heteroatoms. The van der Waals surface area contributed by atoms with Crippen molar-refractivity contribution in [1.29, 1.82) is 0 Å². The van der Waals surface area contributed by atoms with Gasteiger partial charge >= 0.3 is 0 Å². The molecule has 0 aromatic heterocycles. The molecule has 2 atom stereocenters. The summed E-state index contributed by atoms with van der Waals surface area (Å²) in [4.78, 5) is 0. The van der Waals surface area contributed by atoms with Crippen molar-refractivity contribution in [2.24, 2.45) is 11.7 Å². The molecule has 44 valence electrons. The molecule has 1 nitrogen and oxygen atoms in total. The Morgan fingerprint density at radius 3 is 2.00 bits per heavy atom. The summed E-state index contributed by atoms with van der Waals surface area (Å²) in [5, 5.41) is 0. The summed E-state index contributed by atoms with van der Waals surface area (Å²) in [5.41, 5.74) is 5.45. The van der Waals surface area contributed by atoms with E-state index in [0.717, 1.165) is 0 Å². The summed E-state index contributed by atoms with van der Waals surface area (Å²) in [6.45, 7) is 5.90. The van der Waals surface area contributed by atoms with Crippen LogP contribution in [0.1, 0.15) is 28.5 Å². The molecule has 0 radical (unpaired) electrons. The number of rotatable bonds is 2. The second kappa shape index (κ2) is 3.03. The van der Waals surface area contributed by atoms with Crippen LogP contribution in [0.3, 0.4) is 0 Å². The van der Waals surface area contributed by atoms with E-state index in [1.165, 1.54) is 0 Å². The van der Waals surface area contributed by atoms with Gasteiger partial charge in [0.05, 0.1) is 0 Å². The zero-order valence-electron chi connectivity index (χ0n) is 6.31. The number of hydrogen-bond acceptors (Lipinski definition) is 1. The summed E-state index contributed by atoms with van der Waals surface area (Å²) < 4.78 is 7.36. The van der Waals surface area contributed by atoms with Crippen LogP contribution in [-0.4, -0.2) is 6.04 Å². The third kappa shape index (κ3) is 5.96. The topological polar surface area (TPSA) is 26.0 Å². The fourth-order valence-electron chi connectivity index (χ4n) is 0.607.